The van der Waals surface area contributed by atoms with Gasteiger partial charge < -0.3 is 10.1 Å². The number of hydrogen-bond donors (Lipinski definition) is 1. The van der Waals surface area contributed by atoms with E-state index < -0.39 is 6.04 Å². The van der Waals surface area contributed by atoms with Crippen LogP contribution in [0.4, 0.5) is 0 Å². The van der Waals surface area contributed by atoms with Crippen LogP contribution in [0.3, 0.4) is 0 Å². The number of esters is 1. The quantitative estimate of drug-likeness (QED) is 0.601. The molecule has 0 radical (unpaired) electrons. The van der Waals surface area contributed by atoms with Crippen LogP contribution in [0, 0.1) is 5.92 Å². The van der Waals surface area contributed by atoms with Gasteiger partial charge in [-0.3, -0.25) is 4.79 Å². The van der Waals surface area contributed by atoms with Crippen molar-refractivity contribution in [3.63, 3.8) is 0 Å². The Kier molecular flexibility index (Phi) is 7.38. The summed E-state index contributed by atoms with van der Waals surface area (Å²) in [4.78, 5) is 22.8. The molecule has 0 aromatic carbocycles. The molecule has 0 heterocycles. The summed E-state index contributed by atoms with van der Waals surface area (Å²) >= 11 is 3.16. The van der Waals surface area contributed by atoms with Crippen LogP contribution in [0.1, 0.15) is 34.1 Å². The number of nitrogens with one attached hydrogen (secondary N) is 1. The highest BCUT2D eigenvalue weighted by molar-refractivity contribution is 9.10. The second-order valence-corrected chi connectivity index (χ2v) is 5.43. The summed E-state index contributed by atoms with van der Waals surface area (Å²) in [6.07, 6.45) is 0.588. The highest BCUT2D eigenvalue weighted by Gasteiger charge is 2.24. The van der Waals surface area contributed by atoms with E-state index in [1.54, 1.807) is 13.8 Å². The minimum atomic E-state index is -0.549. The molecule has 16 heavy (non-hydrogen) atoms. The second-order valence-electron chi connectivity index (χ2n) is 4.06. The molecule has 1 N–H and O–H groups in total. The van der Waals surface area contributed by atoms with Crippen LogP contribution in [-0.4, -0.2) is 29.4 Å². The van der Waals surface area contributed by atoms with Gasteiger partial charge in [-0.25, -0.2) is 4.79 Å². The van der Waals surface area contributed by atoms with Gasteiger partial charge in [0, 0.05) is 0 Å². The van der Waals surface area contributed by atoms with Crippen LogP contribution in [0.5, 0.6) is 0 Å². The molecule has 0 spiro atoms. The van der Waals surface area contributed by atoms with E-state index in [1.807, 2.05) is 13.8 Å². The van der Waals surface area contributed by atoms with Crippen molar-refractivity contribution in [3.8, 4) is 0 Å². The zero-order valence-electron chi connectivity index (χ0n) is 10.2. The minimum absolute atomic E-state index is 0.196. The number of halogens is 1. The lowest BCUT2D eigenvalue weighted by Crippen LogP contribution is -2.45. The average molecular weight is 294 g/mol. The molecule has 94 valence electrons. The van der Waals surface area contributed by atoms with Gasteiger partial charge in [0.15, 0.2) is 0 Å². The Balaban J connectivity index is 4.42. The lowest BCUT2D eigenvalue weighted by atomic mass is 10.0. The third-order valence-corrected chi connectivity index (χ3v) is 2.37. The van der Waals surface area contributed by atoms with Crippen molar-refractivity contribution in [3.05, 3.63) is 0 Å². The summed E-state index contributed by atoms with van der Waals surface area (Å²) in [6.45, 7) is 7.78. The third kappa shape index (κ3) is 6.10. The molecule has 0 rings (SSSR count). The minimum Gasteiger partial charge on any atom is -0.464 e. The summed E-state index contributed by atoms with van der Waals surface area (Å²) in [5, 5.41) is 2.67. The summed E-state index contributed by atoms with van der Waals surface area (Å²) in [5.74, 6) is -0.239. The maximum absolute atomic E-state index is 11.6. The smallest absolute Gasteiger partial charge is 0.328 e. The monoisotopic (exact) mass is 293 g/mol. The van der Waals surface area contributed by atoms with Gasteiger partial charge in [-0.15, -0.1) is 0 Å². The van der Waals surface area contributed by atoms with E-state index >= 15 is 0 Å². The highest BCUT2D eigenvalue weighted by atomic mass is 79.9. The Morgan fingerprint density at radius 3 is 2.25 bits per heavy atom. The molecule has 5 heteroatoms. The number of carbonyl (C=O) groups excluding carboxylic acids is 2. The molecule has 0 aliphatic rings. The first kappa shape index (κ1) is 15.4. The van der Waals surface area contributed by atoms with Crippen molar-refractivity contribution in [2.24, 2.45) is 5.92 Å². The van der Waals surface area contributed by atoms with Crippen LogP contribution in [-0.2, 0) is 14.3 Å². The normalized spacial score (nSPS) is 14.4. The molecule has 0 bridgehead atoms. The summed E-state index contributed by atoms with van der Waals surface area (Å²) in [6, 6.07) is -0.549. The highest BCUT2D eigenvalue weighted by Crippen LogP contribution is 2.08. The molecular weight excluding hydrogens is 274 g/mol. The Hall–Kier alpha value is -0.580. The molecule has 2 atom stereocenters. The summed E-state index contributed by atoms with van der Waals surface area (Å²) in [5.41, 5.74) is 0. The fourth-order valence-corrected chi connectivity index (χ4v) is 1.35. The van der Waals surface area contributed by atoms with Crippen molar-refractivity contribution in [1.29, 1.82) is 0 Å². The SMILES string of the molecule is CCOC(=O)C(CC(C)C)NC(=O)C(C)Br. The number of hydrogen-bond acceptors (Lipinski definition) is 3. The van der Waals surface area contributed by atoms with Crippen LogP contribution in [0.25, 0.3) is 0 Å². The number of rotatable bonds is 6. The number of amides is 1. The largest absolute Gasteiger partial charge is 0.464 e. The number of ether oxygens (including phenoxy) is 1. The Morgan fingerprint density at radius 2 is 1.88 bits per heavy atom. The molecule has 0 saturated carbocycles. The topological polar surface area (TPSA) is 55.4 Å². The molecule has 4 nitrogen and oxygen atoms in total. The van der Waals surface area contributed by atoms with Gasteiger partial charge in [0.25, 0.3) is 0 Å². The fourth-order valence-electron chi connectivity index (χ4n) is 1.21. The van der Waals surface area contributed by atoms with Crippen molar-refractivity contribution in [2.45, 2.75) is 45.0 Å². The zero-order valence-corrected chi connectivity index (χ0v) is 11.8. The Labute approximate surface area is 105 Å². The van der Waals surface area contributed by atoms with Gasteiger partial charge in [-0.05, 0) is 26.2 Å². The lowest BCUT2D eigenvalue weighted by Gasteiger charge is -2.19. The van der Waals surface area contributed by atoms with E-state index in [0.717, 1.165) is 0 Å². The van der Waals surface area contributed by atoms with Crippen molar-refractivity contribution < 1.29 is 14.3 Å². The first-order chi connectivity index (χ1) is 7.38. The number of carbonyl (C=O) groups is 2. The summed E-state index contributed by atoms with van der Waals surface area (Å²) < 4.78 is 4.92. The van der Waals surface area contributed by atoms with Gasteiger partial charge in [-0.2, -0.15) is 0 Å². The van der Waals surface area contributed by atoms with Gasteiger partial charge >= 0.3 is 5.97 Å². The second kappa shape index (κ2) is 7.65. The first-order valence-corrected chi connectivity index (χ1v) is 6.41. The molecule has 0 aliphatic heterocycles. The molecule has 0 saturated heterocycles. The van der Waals surface area contributed by atoms with Crippen LogP contribution >= 0.6 is 15.9 Å². The molecular formula is C11H20BrNO3. The molecule has 0 aromatic rings. The van der Waals surface area contributed by atoms with Gasteiger partial charge in [-0.1, -0.05) is 29.8 Å². The van der Waals surface area contributed by atoms with Gasteiger partial charge in [0.1, 0.15) is 6.04 Å². The van der Waals surface area contributed by atoms with E-state index in [2.05, 4.69) is 21.2 Å². The molecule has 2 unspecified atom stereocenters. The molecule has 0 aromatic heterocycles. The third-order valence-electron chi connectivity index (χ3n) is 1.96. The lowest BCUT2D eigenvalue weighted by molar-refractivity contribution is -0.147. The molecule has 0 aliphatic carbocycles. The van der Waals surface area contributed by atoms with E-state index in [0.29, 0.717) is 18.9 Å². The predicted molar refractivity (Wildman–Crippen MR) is 66.4 cm³/mol. The maximum Gasteiger partial charge on any atom is 0.328 e. The van der Waals surface area contributed by atoms with Crippen molar-refractivity contribution >= 4 is 27.8 Å². The number of alkyl halides is 1. The predicted octanol–water partition coefficient (Wildman–Crippen LogP) is 1.86. The first-order valence-electron chi connectivity index (χ1n) is 5.49. The van der Waals surface area contributed by atoms with E-state index in [1.165, 1.54) is 0 Å². The van der Waals surface area contributed by atoms with Gasteiger partial charge in [0.2, 0.25) is 5.91 Å². The van der Waals surface area contributed by atoms with Crippen molar-refractivity contribution in [1.82, 2.24) is 5.32 Å². The molecule has 1 amide bonds. The summed E-state index contributed by atoms with van der Waals surface area (Å²) in [7, 11) is 0. The zero-order chi connectivity index (χ0) is 12.7. The van der Waals surface area contributed by atoms with Crippen LogP contribution in [0.15, 0.2) is 0 Å². The average Bonchev–Trinajstić information content (AvgIpc) is 2.16. The van der Waals surface area contributed by atoms with E-state index in [4.69, 9.17) is 4.74 Å². The maximum atomic E-state index is 11.6. The van der Waals surface area contributed by atoms with E-state index in [9.17, 15) is 9.59 Å². The van der Waals surface area contributed by atoms with Crippen LogP contribution in [0.2, 0.25) is 0 Å². The molecule has 0 fully saturated rings. The van der Waals surface area contributed by atoms with Crippen molar-refractivity contribution in [2.75, 3.05) is 6.61 Å². The van der Waals surface area contributed by atoms with Crippen LogP contribution < -0.4 is 5.32 Å². The van der Waals surface area contributed by atoms with Gasteiger partial charge in [0.05, 0.1) is 11.4 Å². The Morgan fingerprint density at radius 1 is 1.31 bits per heavy atom. The standard InChI is InChI=1S/C11H20BrNO3/c1-5-16-11(15)9(6-7(2)3)13-10(14)8(4)12/h7-9H,5-6H2,1-4H3,(H,13,14). The van der Waals surface area contributed by atoms with E-state index in [-0.39, 0.29) is 16.7 Å². The fraction of sp³-hybridized carbons (Fsp3) is 0.818. The Bertz CT molecular complexity index is 241.